The van der Waals surface area contributed by atoms with Gasteiger partial charge in [0.15, 0.2) is 0 Å². The number of hydrazone groups is 1. The topological polar surface area (TPSA) is 67.2 Å². The number of amides is 1. The van der Waals surface area contributed by atoms with Gasteiger partial charge in [-0.3, -0.25) is 14.8 Å². The van der Waals surface area contributed by atoms with Gasteiger partial charge >= 0.3 is 0 Å². The number of benzene rings is 1. The maximum Gasteiger partial charge on any atom is 0.250 e. The van der Waals surface area contributed by atoms with Gasteiger partial charge in [0.25, 0.3) is 0 Å². The van der Waals surface area contributed by atoms with Crippen LogP contribution in [0.3, 0.4) is 0 Å². The first-order valence-electron chi connectivity index (χ1n) is 7.84. The zero-order valence-electron chi connectivity index (χ0n) is 14.1. The van der Waals surface area contributed by atoms with Crippen LogP contribution in [0.4, 0.5) is 0 Å². The van der Waals surface area contributed by atoms with Crippen molar-refractivity contribution in [2.45, 2.75) is 18.7 Å². The minimum atomic E-state index is -0.152. The van der Waals surface area contributed by atoms with Crippen LogP contribution in [0.25, 0.3) is 10.9 Å². The molecular formula is C19H18N4OS. The lowest BCUT2D eigenvalue weighted by atomic mass is 10.1. The number of hydrogen-bond acceptors (Lipinski definition) is 5. The molecule has 0 aliphatic carbocycles. The molecule has 1 N–H and O–H groups in total. The third kappa shape index (κ3) is 4.64. The average Bonchev–Trinajstić information content (AvgIpc) is 2.61. The lowest BCUT2D eigenvalue weighted by molar-refractivity contribution is -0.118. The number of hydrogen-bond donors (Lipinski definition) is 1. The first kappa shape index (κ1) is 17.1. The number of fused-ring (bicyclic) bond motifs is 1. The van der Waals surface area contributed by atoms with E-state index in [-0.39, 0.29) is 11.7 Å². The van der Waals surface area contributed by atoms with E-state index in [1.807, 2.05) is 44.2 Å². The molecule has 1 aromatic carbocycles. The normalized spacial score (nSPS) is 11.1. The molecule has 25 heavy (non-hydrogen) atoms. The smallest absolute Gasteiger partial charge is 0.250 e. The minimum absolute atomic E-state index is 0.152. The fourth-order valence-electron chi connectivity index (χ4n) is 2.36. The van der Waals surface area contributed by atoms with E-state index in [0.717, 1.165) is 27.1 Å². The maximum absolute atomic E-state index is 12.0. The van der Waals surface area contributed by atoms with E-state index >= 15 is 0 Å². The van der Waals surface area contributed by atoms with E-state index in [9.17, 15) is 4.79 Å². The van der Waals surface area contributed by atoms with Gasteiger partial charge in [-0.15, -0.1) is 11.8 Å². The number of thioether (sulfide) groups is 1. The van der Waals surface area contributed by atoms with Gasteiger partial charge < -0.3 is 0 Å². The first-order valence-corrected chi connectivity index (χ1v) is 8.83. The van der Waals surface area contributed by atoms with Crippen molar-refractivity contribution in [2.75, 3.05) is 5.75 Å². The van der Waals surface area contributed by atoms with Crippen molar-refractivity contribution in [3.63, 3.8) is 0 Å². The molecule has 0 bridgehead atoms. The lowest BCUT2D eigenvalue weighted by Gasteiger charge is -2.08. The van der Waals surface area contributed by atoms with E-state index in [4.69, 9.17) is 0 Å². The molecule has 0 spiro atoms. The molecule has 6 heteroatoms. The molecule has 3 rings (SSSR count). The van der Waals surface area contributed by atoms with Crippen molar-refractivity contribution >= 4 is 34.8 Å². The molecule has 0 radical (unpaired) electrons. The fourth-order valence-corrected chi connectivity index (χ4v) is 3.28. The SMILES string of the molecule is Cc1ccc2nc(C)cc(SCC(=O)NN=Cc3cccnc3)c2c1. The summed E-state index contributed by atoms with van der Waals surface area (Å²) in [5.41, 5.74) is 6.43. The van der Waals surface area contributed by atoms with Gasteiger partial charge in [-0.2, -0.15) is 5.10 Å². The fraction of sp³-hybridized carbons (Fsp3) is 0.158. The van der Waals surface area contributed by atoms with Crippen molar-refractivity contribution < 1.29 is 4.79 Å². The highest BCUT2D eigenvalue weighted by Crippen LogP contribution is 2.28. The highest BCUT2D eigenvalue weighted by molar-refractivity contribution is 8.00. The van der Waals surface area contributed by atoms with Crippen molar-refractivity contribution in [3.8, 4) is 0 Å². The summed E-state index contributed by atoms with van der Waals surface area (Å²) >= 11 is 1.49. The minimum Gasteiger partial charge on any atom is -0.272 e. The molecule has 2 heterocycles. The highest BCUT2D eigenvalue weighted by Gasteiger charge is 2.08. The molecule has 0 fully saturated rings. The van der Waals surface area contributed by atoms with Crippen molar-refractivity contribution in [3.05, 3.63) is 65.6 Å². The predicted octanol–water partition coefficient (Wildman–Crippen LogP) is 3.49. The van der Waals surface area contributed by atoms with E-state index < -0.39 is 0 Å². The van der Waals surface area contributed by atoms with E-state index in [1.54, 1.807) is 18.6 Å². The Bertz CT molecular complexity index is 925. The van der Waals surface area contributed by atoms with Crippen LogP contribution in [-0.4, -0.2) is 27.8 Å². The standard InChI is InChI=1S/C19H18N4OS/c1-13-5-6-17-16(8-13)18(9-14(2)22-17)25-12-19(24)23-21-11-15-4-3-7-20-10-15/h3-11H,12H2,1-2H3,(H,23,24). The molecule has 0 saturated heterocycles. The van der Waals surface area contributed by atoms with Gasteiger partial charge in [-0.1, -0.05) is 17.7 Å². The highest BCUT2D eigenvalue weighted by atomic mass is 32.2. The predicted molar refractivity (Wildman–Crippen MR) is 102 cm³/mol. The molecule has 1 amide bonds. The molecule has 0 aliphatic heterocycles. The Morgan fingerprint density at radius 3 is 2.96 bits per heavy atom. The second-order valence-corrected chi connectivity index (χ2v) is 6.67. The van der Waals surface area contributed by atoms with Gasteiger partial charge in [0.1, 0.15) is 0 Å². The Morgan fingerprint density at radius 1 is 1.28 bits per heavy atom. The second-order valence-electron chi connectivity index (χ2n) is 5.65. The number of carbonyl (C=O) groups is 1. The van der Waals surface area contributed by atoms with Crippen LogP contribution < -0.4 is 5.43 Å². The third-order valence-corrected chi connectivity index (χ3v) is 4.56. The van der Waals surface area contributed by atoms with E-state index in [1.165, 1.54) is 17.3 Å². The van der Waals surface area contributed by atoms with E-state index in [0.29, 0.717) is 0 Å². The molecule has 0 saturated carbocycles. The van der Waals surface area contributed by atoms with Crippen molar-refractivity contribution in [1.29, 1.82) is 0 Å². The second kappa shape index (κ2) is 7.90. The number of pyridine rings is 2. The summed E-state index contributed by atoms with van der Waals surface area (Å²) in [6, 6.07) is 11.9. The summed E-state index contributed by atoms with van der Waals surface area (Å²) in [4.78, 5) is 21.6. The quantitative estimate of drug-likeness (QED) is 0.434. The van der Waals surface area contributed by atoms with Crippen LogP contribution in [0.5, 0.6) is 0 Å². The maximum atomic E-state index is 12.0. The average molecular weight is 350 g/mol. The third-order valence-electron chi connectivity index (χ3n) is 3.50. The number of rotatable bonds is 5. The Morgan fingerprint density at radius 2 is 2.16 bits per heavy atom. The largest absolute Gasteiger partial charge is 0.272 e. The monoisotopic (exact) mass is 350 g/mol. The van der Waals surface area contributed by atoms with Crippen LogP contribution >= 0.6 is 11.8 Å². The van der Waals surface area contributed by atoms with Crippen molar-refractivity contribution in [1.82, 2.24) is 15.4 Å². The van der Waals surface area contributed by atoms with Gasteiger partial charge in [-0.05, 0) is 38.1 Å². The number of nitrogens with one attached hydrogen (secondary N) is 1. The zero-order valence-corrected chi connectivity index (χ0v) is 14.9. The molecule has 0 atom stereocenters. The van der Waals surface area contributed by atoms with Gasteiger partial charge in [-0.25, -0.2) is 5.43 Å². The Hall–Kier alpha value is -2.73. The Labute approximate surface area is 150 Å². The molecular weight excluding hydrogens is 332 g/mol. The Kier molecular flexibility index (Phi) is 5.40. The summed E-state index contributed by atoms with van der Waals surface area (Å²) in [5.74, 6) is 0.136. The first-order chi connectivity index (χ1) is 12.1. The van der Waals surface area contributed by atoms with E-state index in [2.05, 4.69) is 26.6 Å². The van der Waals surface area contributed by atoms with Crippen LogP contribution in [-0.2, 0) is 4.79 Å². The molecule has 126 valence electrons. The molecule has 5 nitrogen and oxygen atoms in total. The van der Waals surface area contributed by atoms with Crippen LogP contribution in [0.2, 0.25) is 0 Å². The van der Waals surface area contributed by atoms with Crippen LogP contribution in [0.15, 0.2) is 58.8 Å². The number of aromatic nitrogens is 2. The molecule has 0 unspecified atom stereocenters. The molecule has 3 aromatic rings. The zero-order chi connectivity index (χ0) is 17.6. The van der Waals surface area contributed by atoms with Gasteiger partial charge in [0.05, 0.1) is 17.5 Å². The van der Waals surface area contributed by atoms with Gasteiger partial charge in [0, 0.05) is 33.9 Å². The summed E-state index contributed by atoms with van der Waals surface area (Å²) < 4.78 is 0. The number of carbonyl (C=O) groups excluding carboxylic acids is 1. The number of aryl methyl sites for hydroxylation is 2. The van der Waals surface area contributed by atoms with Crippen LogP contribution in [0, 0.1) is 13.8 Å². The molecule has 0 aliphatic rings. The molecule has 2 aromatic heterocycles. The summed E-state index contributed by atoms with van der Waals surface area (Å²) in [7, 11) is 0. The van der Waals surface area contributed by atoms with Gasteiger partial charge in [0.2, 0.25) is 5.91 Å². The van der Waals surface area contributed by atoms with Crippen LogP contribution in [0.1, 0.15) is 16.8 Å². The summed E-state index contributed by atoms with van der Waals surface area (Å²) in [6.45, 7) is 4.01. The number of nitrogens with zero attached hydrogens (tertiary/aromatic N) is 3. The van der Waals surface area contributed by atoms with Crippen molar-refractivity contribution in [2.24, 2.45) is 5.10 Å². The lowest BCUT2D eigenvalue weighted by Crippen LogP contribution is -2.19. The summed E-state index contributed by atoms with van der Waals surface area (Å²) in [5, 5.41) is 5.03. The Balaban J connectivity index is 1.65. The summed E-state index contributed by atoms with van der Waals surface area (Å²) in [6.07, 6.45) is 4.94.